The number of anilines is 1. The Labute approximate surface area is 84.2 Å². The van der Waals surface area contributed by atoms with Gasteiger partial charge in [-0.3, -0.25) is 4.98 Å². The van der Waals surface area contributed by atoms with E-state index in [0.717, 1.165) is 18.1 Å². The van der Waals surface area contributed by atoms with E-state index in [2.05, 4.69) is 21.8 Å². The van der Waals surface area contributed by atoms with Crippen LogP contribution in [-0.4, -0.2) is 22.6 Å². The van der Waals surface area contributed by atoms with Gasteiger partial charge in [-0.05, 0) is 19.8 Å². The average molecular weight is 192 g/mol. The van der Waals surface area contributed by atoms with E-state index in [0.29, 0.717) is 12.6 Å². The molecular weight excluding hydrogens is 176 g/mol. The lowest BCUT2D eigenvalue weighted by molar-refractivity contribution is 0.718. The third-order valence-corrected chi connectivity index (χ3v) is 2.77. The Hall–Kier alpha value is -1.16. The summed E-state index contributed by atoms with van der Waals surface area (Å²) in [6, 6.07) is 0.567. The zero-order valence-corrected chi connectivity index (χ0v) is 8.48. The predicted octanol–water partition coefficient (Wildman–Crippen LogP) is 0.924. The van der Waals surface area contributed by atoms with Crippen molar-refractivity contribution >= 4 is 5.82 Å². The minimum Gasteiger partial charge on any atom is -0.352 e. The van der Waals surface area contributed by atoms with Crippen molar-refractivity contribution in [1.29, 1.82) is 0 Å². The van der Waals surface area contributed by atoms with Gasteiger partial charge in [0.15, 0.2) is 5.82 Å². The Balaban J connectivity index is 2.30. The molecule has 0 amide bonds. The van der Waals surface area contributed by atoms with Crippen LogP contribution >= 0.6 is 0 Å². The third kappa shape index (κ3) is 1.57. The largest absolute Gasteiger partial charge is 0.352 e. The highest BCUT2D eigenvalue weighted by Gasteiger charge is 2.23. The molecule has 0 saturated carbocycles. The van der Waals surface area contributed by atoms with Crippen LogP contribution < -0.4 is 10.6 Å². The molecule has 0 spiro atoms. The topological polar surface area (TPSA) is 55.0 Å². The van der Waals surface area contributed by atoms with Crippen LogP contribution in [0, 0.1) is 0 Å². The van der Waals surface area contributed by atoms with Gasteiger partial charge in [-0.25, -0.2) is 4.98 Å². The summed E-state index contributed by atoms with van der Waals surface area (Å²) in [5.41, 5.74) is 6.54. The molecule has 2 heterocycles. The van der Waals surface area contributed by atoms with Crippen LogP contribution in [0.2, 0.25) is 0 Å². The van der Waals surface area contributed by atoms with Crippen LogP contribution in [0.3, 0.4) is 0 Å². The van der Waals surface area contributed by atoms with Gasteiger partial charge in [-0.1, -0.05) is 0 Å². The van der Waals surface area contributed by atoms with Crippen molar-refractivity contribution in [1.82, 2.24) is 9.97 Å². The van der Waals surface area contributed by atoms with E-state index in [1.165, 1.54) is 12.8 Å². The lowest BCUT2D eigenvalue weighted by atomic mass is 10.2. The van der Waals surface area contributed by atoms with Gasteiger partial charge in [0.1, 0.15) is 0 Å². The lowest BCUT2D eigenvalue weighted by Crippen LogP contribution is -2.29. The highest BCUT2D eigenvalue weighted by Crippen LogP contribution is 2.24. The van der Waals surface area contributed by atoms with E-state index in [4.69, 9.17) is 5.73 Å². The molecule has 2 rings (SSSR count). The third-order valence-electron chi connectivity index (χ3n) is 2.77. The Bertz CT molecular complexity index is 313. The van der Waals surface area contributed by atoms with Crippen LogP contribution in [0.4, 0.5) is 5.82 Å². The number of hydrogen-bond acceptors (Lipinski definition) is 4. The molecule has 1 saturated heterocycles. The van der Waals surface area contributed by atoms with E-state index in [1.54, 1.807) is 12.4 Å². The maximum atomic E-state index is 5.63. The van der Waals surface area contributed by atoms with Crippen molar-refractivity contribution in [2.75, 3.05) is 11.4 Å². The highest BCUT2D eigenvalue weighted by atomic mass is 15.2. The Kier molecular flexibility index (Phi) is 2.63. The summed E-state index contributed by atoms with van der Waals surface area (Å²) in [6.45, 7) is 3.77. The monoisotopic (exact) mass is 192 g/mol. The smallest absolute Gasteiger partial charge is 0.151 e. The molecule has 1 aliphatic rings. The second-order valence-electron chi connectivity index (χ2n) is 3.72. The SMILES string of the molecule is CC1CCCN1c1nccnc1CN. The molecule has 4 nitrogen and oxygen atoms in total. The summed E-state index contributed by atoms with van der Waals surface area (Å²) >= 11 is 0. The Morgan fingerprint density at radius 3 is 2.93 bits per heavy atom. The minimum atomic E-state index is 0.465. The van der Waals surface area contributed by atoms with Crippen LogP contribution in [0.15, 0.2) is 12.4 Å². The number of rotatable bonds is 2. The first-order valence-electron chi connectivity index (χ1n) is 5.09. The second kappa shape index (κ2) is 3.92. The van der Waals surface area contributed by atoms with Gasteiger partial charge in [0.05, 0.1) is 5.69 Å². The Morgan fingerprint density at radius 1 is 1.50 bits per heavy atom. The second-order valence-corrected chi connectivity index (χ2v) is 3.72. The predicted molar refractivity (Wildman–Crippen MR) is 56.0 cm³/mol. The molecule has 1 aromatic heterocycles. The molecule has 76 valence electrons. The molecule has 1 aromatic rings. The summed E-state index contributed by atoms with van der Waals surface area (Å²) in [5, 5.41) is 0. The number of hydrogen-bond donors (Lipinski definition) is 1. The zero-order chi connectivity index (χ0) is 9.97. The minimum absolute atomic E-state index is 0.465. The average Bonchev–Trinajstić information content (AvgIpc) is 2.64. The number of nitrogens with two attached hydrogens (primary N) is 1. The van der Waals surface area contributed by atoms with Gasteiger partial charge in [-0.2, -0.15) is 0 Å². The quantitative estimate of drug-likeness (QED) is 0.757. The van der Waals surface area contributed by atoms with E-state index in [-0.39, 0.29) is 0 Å². The first-order valence-corrected chi connectivity index (χ1v) is 5.09. The first-order chi connectivity index (χ1) is 6.83. The first kappa shape index (κ1) is 9.40. The van der Waals surface area contributed by atoms with Gasteiger partial charge in [0.2, 0.25) is 0 Å². The summed E-state index contributed by atoms with van der Waals surface area (Å²) < 4.78 is 0. The summed E-state index contributed by atoms with van der Waals surface area (Å²) in [4.78, 5) is 10.9. The van der Waals surface area contributed by atoms with Crippen LogP contribution in [0.25, 0.3) is 0 Å². The van der Waals surface area contributed by atoms with E-state index >= 15 is 0 Å². The lowest BCUT2D eigenvalue weighted by Gasteiger charge is -2.23. The molecule has 0 aromatic carbocycles. The molecule has 1 unspecified atom stereocenters. The van der Waals surface area contributed by atoms with E-state index in [9.17, 15) is 0 Å². The van der Waals surface area contributed by atoms with Crippen molar-refractivity contribution in [3.63, 3.8) is 0 Å². The maximum absolute atomic E-state index is 5.63. The molecule has 4 heteroatoms. The molecule has 1 fully saturated rings. The van der Waals surface area contributed by atoms with Crippen molar-refractivity contribution in [3.05, 3.63) is 18.1 Å². The van der Waals surface area contributed by atoms with Crippen LogP contribution in [0.5, 0.6) is 0 Å². The standard InChI is InChI=1S/C10H16N4/c1-8-3-2-6-14(8)10-9(7-11)12-4-5-13-10/h4-5,8H,2-3,6-7,11H2,1H3. The fourth-order valence-corrected chi connectivity index (χ4v) is 1.99. The molecule has 0 aliphatic carbocycles. The number of aromatic nitrogens is 2. The van der Waals surface area contributed by atoms with Gasteiger partial charge >= 0.3 is 0 Å². The van der Waals surface area contributed by atoms with Crippen molar-refractivity contribution in [3.8, 4) is 0 Å². The fourth-order valence-electron chi connectivity index (χ4n) is 1.99. The van der Waals surface area contributed by atoms with E-state index in [1.807, 2.05) is 0 Å². The molecule has 14 heavy (non-hydrogen) atoms. The fraction of sp³-hybridized carbons (Fsp3) is 0.600. The van der Waals surface area contributed by atoms with Gasteiger partial charge in [-0.15, -0.1) is 0 Å². The molecular formula is C10H16N4. The van der Waals surface area contributed by atoms with Crippen molar-refractivity contribution < 1.29 is 0 Å². The van der Waals surface area contributed by atoms with Gasteiger partial charge in [0.25, 0.3) is 0 Å². The normalized spacial score (nSPS) is 21.6. The van der Waals surface area contributed by atoms with E-state index < -0.39 is 0 Å². The van der Waals surface area contributed by atoms with Crippen molar-refractivity contribution in [2.24, 2.45) is 5.73 Å². The molecule has 0 radical (unpaired) electrons. The molecule has 0 bridgehead atoms. The summed E-state index contributed by atoms with van der Waals surface area (Å²) in [5.74, 6) is 0.972. The van der Waals surface area contributed by atoms with Crippen LogP contribution in [-0.2, 0) is 6.54 Å². The van der Waals surface area contributed by atoms with Gasteiger partial charge in [0, 0.05) is 31.5 Å². The molecule has 2 N–H and O–H groups in total. The number of nitrogens with zero attached hydrogens (tertiary/aromatic N) is 3. The zero-order valence-electron chi connectivity index (χ0n) is 8.48. The highest BCUT2D eigenvalue weighted by molar-refractivity contribution is 5.44. The van der Waals surface area contributed by atoms with Crippen LogP contribution in [0.1, 0.15) is 25.5 Å². The maximum Gasteiger partial charge on any atom is 0.151 e. The van der Waals surface area contributed by atoms with Crippen molar-refractivity contribution in [2.45, 2.75) is 32.4 Å². The Morgan fingerprint density at radius 2 is 2.29 bits per heavy atom. The summed E-state index contributed by atoms with van der Waals surface area (Å²) in [7, 11) is 0. The molecule has 1 aliphatic heterocycles. The summed E-state index contributed by atoms with van der Waals surface area (Å²) in [6.07, 6.45) is 5.91. The molecule has 1 atom stereocenters. The van der Waals surface area contributed by atoms with Gasteiger partial charge < -0.3 is 10.6 Å².